The van der Waals surface area contributed by atoms with Crippen molar-refractivity contribution in [3.63, 3.8) is 0 Å². The molecule has 0 radical (unpaired) electrons. The molecule has 0 aromatic heterocycles. The molecule has 152 valence electrons. The van der Waals surface area contributed by atoms with Crippen LogP contribution in [0.5, 0.6) is 0 Å². The average molecular weight is 427 g/mol. The average Bonchev–Trinajstić information content (AvgIpc) is 3.51. The minimum atomic E-state index is -0.659. The third-order valence-corrected chi connectivity index (χ3v) is 5.34. The lowest BCUT2D eigenvalue weighted by Gasteiger charge is -2.10. The van der Waals surface area contributed by atoms with Gasteiger partial charge in [0.05, 0.1) is 10.7 Å². The Morgan fingerprint density at radius 3 is 2.43 bits per heavy atom. The van der Waals surface area contributed by atoms with Crippen molar-refractivity contribution in [1.82, 2.24) is 0 Å². The van der Waals surface area contributed by atoms with Crippen LogP contribution in [0.4, 0.5) is 20.2 Å². The van der Waals surface area contributed by atoms with E-state index in [2.05, 4.69) is 10.6 Å². The van der Waals surface area contributed by atoms with Crippen LogP contribution >= 0.6 is 11.6 Å². The Morgan fingerprint density at radius 1 is 0.933 bits per heavy atom. The summed E-state index contributed by atoms with van der Waals surface area (Å²) in [5.41, 5.74) is 1.59. The molecule has 0 aliphatic heterocycles. The van der Waals surface area contributed by atoms with Crippen molar-refractivity contribution in [3.8, 4) is 0 Å². The van der Waals surface area contributed by atoms with Gasteiger partial charge in [0, 0.05) is 23.2 Å². The zero-order chi connectivity index (χ0) is 21.3. The van der Waals surface area contributed by atoms with E-state index in [4.69, 9.17) is 11.6 Å². The topological polar surface area (TPSA) is 58.2 Å². The maximum absolute atomic E-state index is 14.0. The first-order valence-corrected chi connectivity index (χ1v) is 9.72. The Labute approximate surface area is 176 Å². The number of carbonyl (C=O) groups is 2. The van der Waals surface area contributed by atoms with Crippen LogP contribution in [0.3, 0.4) is 0 Å². The third-order valence-electron chi connectivity index (χ3n) is 5.01. The summed E-state index contributed by atoms with van der Waals surface area (Å²) in [5, 5.41) is 5.76. The van der Waals surface area contributed by atoms with Gasteiger partial charge in [0.1, 0.15) is 11.6 Å². The summed E-state index contributed by atoms with van der Waals surface area (Å²) in [5.74, 6) is -2.74. The summed E-state index contributed by atoms with van der Waals surface area (Å²) in [7, 11) is 0. The molecule has 1 saturated carbocycles. The molecule has 0 heterocycles. The Morgan fingerprint density at radius 2 is 1.70 bits per heavy atom. The second kappa shape index (κ2) is 8.24. The van der Waals surface area contributed by atoms with E-state index in [9.17, 15) is 18.4 Å². The van der Waals surface area contributed by atoms with E-state index in [1.165, 1.54) is 24.3 Å². The fourth-order valence-corrected chi connectivity index (χ4v) is 3.51. The molecule has 3 aromatic rings. The summed E-state index contributed by atoms with van der Waals surface area (Å²) >= 11 is 6.18. The van der Waals surface area contributed by atoms with Gasteiger partial charge >= 0.3 is 0 Å². The molecule has 0 bridgehead atoms. The summed E-state index contributed by atoms with van der Waals surface area (Å²) in [4.78, 5) is 25.1. The van der Waals surface area contributed by atoms with Crippen LogP contribution in [0.25, 0.3) is 0 Å². The van der Waals surface area contributed by atoms with Crippen molar-refractivity contribution in [1.29, 1.82) is 0 Å². The highest BCUT2D eigenvalue weighted by Gasteiger charge is 2.45. The van der Waals surface area contributed by atoms with Crippen molar-refractivity contribution < 1.29 is 18.4 Å². The maximum atomic E-state index is 14.0. The maximum Gasteiger partial charge on any atom is 0.255 e. The van der Waals surface area contributed by atoms with Gasteiger partial charge in [-0.2, -0.15) is 0 Å². The number of para-hydroxylation sites is 1. The normalized spacial score (nSPS) is 17.3. The van der Waals surface area contributed by atoms with Gasteiger partial charge in [-0.15, -0.1) is 0 Å². The first kappa shape index (κ1) is 20.0. The van der Waals surface area contributed by atoms with Crippen LogP contribution in [-0.2, 0) is 4.79 Å². The monoisotopic (exact) mass is 426 g/mol. The lowest BCUT2D eigenvalue weighted by molar-refractivity contribution is -0.117. The highest BCUT2D eigenvalue weighted by Crippen LogP contribution is 2.49. The number of halogens is 3. The molecule has 7 heteroatoms. The van der Waals surface area contributed by atoms with Crippen molar-refractivity contribution in [3.05, 3.63) is 94.5 Å². The van der Waals surface area contributed by atoms with Gasteiger partial charge in [-0.05, 0) is 54.3 Å². The van der Waals surface area contributed by atoms with Gasteiger partial charge < -0.3 is 10.6 Å². The molecular weight excluding hydrogens is 410 g/mol. The molecule has 4 rings (SSSR count). The minimum absolute atomic E-state index is 0.282. The van der Waals surface area contributed by atoms with Crippen molar-refractivity contribution >= 4 is 34.8 Å². The van der Waals surface area contributed by atoms with Crippen LogP contribution in [0, 0.1) is 17.6 Å². The molecular formula is C23H17ClF2N2O2. The molecule has 1 aliphatic rings. The SMILES string of the molecule is O=C(Nc1ccccc1)c1ccc(Cl)c(NC(=O)C2CC2c2ccc(F)cc2F)c1. The second-order valence-corrected chi connectivity index (χ2v) is 7.53. The quantitative estimate of drug-likeness (QED) is 0.557. The first-order chi connectivity index (χ1) is 14.4. The predicted octanol–water partition coefficient (Wildman–Crippen LogP) is 5.61. The molecule has 3 aromatic carbocycles. The van der Waals surface area contributed by atoms with E-state index in [1.807, 2.05) is 6.07 Å². The number of hydrogen-bond donors (Lipinski definition) is 2. The zero-order valence-electron chi connectivity index (χ0n) is 15.7. The van der Waals surface area contributed by atoms with Crippen molar-refractivity contribution in [2.75, 3.05) is 10.6 Å². The van der Waals surface area contributed by atoms with Crippen LogP contribution < -0.4 is 10.6 Å². The Balaban J connectivity index is 1.45. The predicted molar refractivity (Wildman–Crippen MR) is 112 cm³/mol. The molecule has 1 fully saturated rings. The molecule has 1 aliphatic carbocycles. The molecule has 4 nitrogen and oxygen atoms in total. The molecule has 2 atom stereocenters. The number of carbonyl (C=O) groups excluding carboxylic acids is 2. The molecule has 2 unspecified atom stereocenters. The molecule has 30 heavy (non-hydrogen) atoms. The highest BCUT2D eigenvalue weighted by molar-refractivity contribution is 6.34. The number of nitrogens with one attached hydrogen (secondary N) is 2. The Hall–Kier alpha value is -3.25. The molecule has 0 spiro atoms. The van der Waals surface area contributed by atoms with Gasteiger partial charge in [0.15, 0.2) is 0 Å². The Kier molecular flexibility index (Phi) is 5.50. The standard InChI is InChI=1S/C23H17ClF2N2O2/c24-19-9-6-13(22(29)27-15-4-2-1-3-5-15)10-21(19)28-23(30)18-12-17(18)16-8-7-14(25)11-20(16)26/h1-11,17-18H,12H2,(H,27,29)(H,28,30). The van der Waals surface area contributed by atoms with Crippen LogP contribution in [0.2, 0.25) is 5.02 Å². The highest BCUT2D eigenvalue weighted by atomic mass is 35.5. The van der Waals surface area contributed by atoms with E-state index in [0.717, 1.165) is 6.07 Å². The number of hydrogen-bond acceptors (Lipinski definition) is 2. The lowest BCUT2D eigenvalue weighted by Crippen LogP contribution is -2.16. The van der Waals surface area contributed by atoms with E-state index in [1.54, 1.807) is 30.3 Å². The molecule has 2 N–H and O–H groups in total. The summed E-state index contributed by atoms with van der Waals surface area (Å²) in [6.07, 6.45) is 0.459. The number of benzene rings is 3. The van der Waals surface area contributed by atoms with Crippen molar-refractivity contribution in [2.24, 2.45) is 5.92 Å². The second-order valence-electron chi connectivity index (χ2n) is 7.12. The van der Waals surface area contributed by atoms with E-state index in [0.29, 0.717) is 28.9 Å². The Bertz CT molecular complexity index is 1120. The van der Waals surface area contributed by atoms with Gasteiger partial charge in [0.25, 0.3) is 5.91 Å². The lowest BCUT2D eigenvalue weighted by atomic mass is 10.1. The largest absolute Gasteiger partial charge is 0.324 e. The van der Waals surface area contributed by atoms with Crippen LogP contribution in [0.15, 0.2) is 66.7 Å². The number of rotatable bonds is 5. The molecule has 2 amide bonds. The summed E-state index contributed by atoms with van der Waals surface area (Å²) < 4.78 is 27.0. The minimum Gasteiger partial charge on any atom is -0.324 e. The van der Waals surface area contributed by atoms with Crippen LogP contribution in [-0.4, -0.2) is 11.8 Å². The first-order valence-electron chi connectivity index (χ1n) is 9.34. The number of anilines is 2. The fourth-order valence-electron chi connectivity index (χ4n) is 3.34. The fraction of sp³-hybridized carbons (Fsp3) is 0.130. The summed E-state index contributed by atoms with van der Waals surface area (Å²) in [6, 6.07) is 16.9. The van der Waals surface area contributed by atoms with E-state index >= 15 is 0 Å². The third kappa shape index (κ3) is 4.33. The number of amides is 2. The van der Waals surface area contributed by atoms with Gasteiger partial charge in [-0.3, -0.25) is 9.59 Å². The van der Waals surface area contributed by atoms with Gasteiger partial charge in [-0.1, -0.05) is 35.9 Å². The van der Waals surface area contributed by atoms with E-state index in [-0.39, 0.29) is 22.8 Å². The smallest absolute Gasteiger partial charge is 0.255 e. The summed E-state index contributed by atoms with van der Waals surface area (Å²) in [6.45, 7) is 0. The van der Waals surface area contributed by atoms with Gasteiger partial charge in [-0.25, -0.2) is 8.78 Å². The van der Waals surface area contributed by atoms with Crippen LogP contribution in [0.1, 0.15) is 28.3 Å². The van der Waals surface area contributed by atoms with E-state index < -0.39 is 17.6 Å². The van der Waals surface area contributed by atoms with Crippen molar-refractivity contribution in [2.45, 2.75) is 12.3 Å². The van der Waals surface area contributed by atoms with Gasteiger partial charge in [0.2, 0.25) is 5.91 Å². The zero-order valence-corrected chi connectivity index (χ0v) is 16.4. The molecule has 0 saturated heterocycles.